The van der Waals surface area contributed by atoms with Gasteiger partial charge in [0.05, 0.1) is 5.75 Å². The number of rotatable bonds is 6. The van der Waals surface area contributed by atoms with Crippen LogP contribution in [0, 0.1) is 6.92 Å². The van der Waals surface area contributed by atoms with Crippen LogP contribution >= 0.6 is 23.4 Å². The van der Waals surface area contributed by atoms with Crippen LogP contribution in [0.5, 0.6) is 0 Å². The highest BCUT2D eigenvalue weighted by molar-refractivity contribution is 7.99. The van der Waals surface area contributed by atoms with E-state index in [4.69, 9.17) is 11.6 Å². The third kappa shape index (κ3) is 3.75. The Morgan fingerprint density at radius 3 is 2.83 bits per heavy atom. The molecule has 24 heavy (non-hydrogen) atoms. The number of aromatic nitrogens is 3. The Hall–Kier alpha value is -1.53. The van der Waals surface area contributed by atoms with E-state index in [1.54, 1.807) is 0 Å². The molecule has 1 N–H and O–H groups in total. The summed E-state index contributed by atoms with van der Waals surface area (Å²) in [5, 5.41) is 13.0. The van der Waals surface area contributed by atoms with Crippen molar-refractivity contribution in [3.63, 3.8) is 0 Å². The van der Waals surface area contributed by atoms with Crippen molar-refractivity contribution in [1.82, 2.24) is 14.8 Å². The Labute approximate surface area is 151 Å². The minimum absolute atomic E-state index is 0.0726. The monoisotopic (exact) mass is 364 g/mol. The van der Waals surface area contributed by atoms with Gasteiger partial charge in [-0.3, -0.25) is 4.79 Å². The summed E-state index contributed by atoms with van der Waals surface area (Å²) in [7, 11) is 0. The van der Waals surface area contributed by atoms with E-state index in [1.165, 1.54) is 24.6 Å². The third-order valence-corrected chi connectivity index (χ3v) is 5.38. The lowest BCUT2D eigenvalue weighted by molar-refractivity contribution is -0.113. The molecule has 1 aromatic heterocycles. The molecule has 0 spiro atoms. The number of halogens is 1. The molecule has 128 valence electrons. The van der Waals surface area contributed by atoms with E-state index in [1.807, 2.05) is 25.1 Å². The first-order valence-corrected chi connectivity index (χ1v) is 9.46. The van der Waals surface area contributed by atoms with E-state index in [2.05, 4.69) is 33.9 Å². The number of hydrogen-bond acceptors (Lipinski definition) is 4. The quantitative estimate of drug-likeness (QED) is 0.770. The van der Waals surface area contributed by atoms with Crippen LogP contribution in [0.4, 0.5) is 5.69 Å². The van der Waals surface area contributed by atoms with Gasteiger partial charge in [-0.1, -0.05) is 29.4 Å². The molecule has 0 saturated heterocycles. The molecule has 1 aromatic carbocycles. The molecule has 1 saturated carbocycles. The van der Waals surface area contributed by atoms with Crippen molar-refractivity contribution < 1.29 is 4.79 Å². The molecule has 0 aliphatic heterocycles. The van der Waals surface area contributed by atoms with Gasteiger partial charge in [-0.15, -0.1) is 10.2 Å². The van der Waals surface area contributed by atoms with E-state index in [-0.39, 0.29) is 11.9 Å². The summed E-state index contributed by atoms with van der Waals surface area (Å²) in [6.45, 7) is 6.13. The van der Waals surface area contributed by atoms with Crippen LogP contribution in [0.3, 0.4) is 0 Å². The molecule has 5 nitrogen and oxygen atoms in total. The molecule has 0 unspecified atom stereocenters. The van der Waals surface area contributed by atoms with Gasteiger partial charge in [0.2, 0.25) is 5.91 Å². The Morgan fingerprint density at radius 1 is 1.42 bits per heavy atom. The number of nitrogens with zero attached hydrogens (tertiary/aromatic N) is 3. The molecule has 1 fully saturated rings. The van der Waals surface area contributed by atoms with Crippen LogP contribution in [-0.2, 0) is 4.79 Å². The maximum Gasteiger partial charge on any atom is 0.234 e. The van der Waals surface area contributed by atoms with E-state index >= 15 is 0 Å². The number of hydrogen-bond donors (Lipinski definition) is 1. The summed E-state index contributed by atoms with van der Waals surface area (Å²) in [5.74, 6) is 1.81. The Balaban J connectivity index is 1.65. The van der Waals surface area contributed by atoms with Gasteiger partial charge < -0.3 is 9.88 Å². The zero-order valence-electron chi connectivity index (χ0n) is 14.0. The minimum Gasteiger partial charge on any atom is -0.325 e. The van der Waals surface area contributed by atoms with Crippen molar-refractivity contribution in [1.29, 1.82) is 0 Å². The van der Waals surface area contributed by atoms with Crippen molar-refractivity contribution in [3.8, 4) is 0 Å². The first-order valence-electron chi connectivity index (χ1n) is 8.10. The van der Waals surface area contributed by atoms with Crippen molar-refractivity contribution in [3.05, 3.63) is 34.6 Å². The SMILES string of the molecule is Cc1c(Cl)cccc1NC(=O)CSc1nnc(C2CC2)n1C(C)C. The lowest BCUT2D eigenvalue weighted by atomic mass is 10.2. The van der Waals surface area contributed by atoms with Crippen molar-refractivity contribution in [2.75, 3.05) is 11.1 Å². The van der Waals surface area contributed by atoms with Crippen LogP contribution in [-0.4, -0.2) is 26.4 Å². The predicted octanol–water partition coefficient (Wildman–Crippen LogP) is 4.43. The Kier molecular flexibility index (Phi) is 5.15. The van der Waals surface area contributed by atoms with Crippen LogP contribution in [0.15, 0.2) is 23.4 Å². The van der Waals surface area contributed by atoms with Gasteiger partial charge in [-0.05, 0) is 51.3 Å². The van der Waals surface area contributed by atoms with Crippen LogP contribution in [0.1, 0.15) is 50.0 Å². The molecule has 0 radical (unpaired) electrons. The fourth-order valence-electron chi connectivity index (χ4n) is 2.55. The molecule has 0 atom stereocenters. The number of carbonyl (C=O) groups is 1. The predicted molar refractivity (Wildman–Crippen MR) is 97.9 cm³/mol. The number of amides is 1. The highest BCUT2D eigenvalue weighted by Gasteiger charge is 2.31. The highest BCUT2D eigenvalue weighted by Crippen LogP contribution is 2.41. The zero-order chi connectivity index (χ0) is 17.3. The topological polar surface area (TPSA) is 59.8 Å². The maximum atomic E-state index is 12.3. The van der Waals surface area contributed by atoms with E-state index in [0.29, 0.717) is 16.7 Å². The molecule has 1 aliphatic rings. The normalized spacial score (nSPS) is 14.2. The summed E-state index contributed by atoms with van der Waals surface area (Å²) < 4.78 is 2.15. The van der Waals surface area contributed by atoms with Crippen molar-refractivity contribution in [2.45, 2.75) is 50.7 Å². The number of carbonyl (C=O) groups excluding carboxylic acids is 1. The lowest BCUT2D eigenvalue weighted by Crippen LogP contribution is -2.16. The summed E-state index contributed by atoms with van der Waals surface area (Å²) in [6, 6.07) is 5.78. The maximum absolute atomic E-state index is 12.3. The third-order valence-electron chi connectivity index (χ3n) is 4.02. The average molecular weight is 365 g/mol. The van der Waals surface area contributed by atoms with E-state index in [9.17, 15) is 4.79 Å². The first kappa shape index (κ1) is 17.3. The second-order valence-corrected chi connectivity index (χ2v) is 7.68. The zero-order valence-corrected chi connectivity index (χ0v) is 15.6. The largest absolute Gasteiger partial charge is 0.325 e. The van der Waals surface area contributed by atoms with Gasteiger partial charge in [0.25, 0.3) is 0 Å². The average Bonchev–Trinajstić information content (AvgIpc) is 3.29. The smallest absolute Gasteiger partial charge is 0.234 e. The molecule has 2 aromatic rings. The van der Waals surface area contributed by atoms with E-state index in [0.717, 1.165) is 22.2 Å². The second-order valence-electron chi connectivity index (χ2n) is 6.33. The van der Waals surface area contributed by atoms with Gasteiger partial charge in [-0.2, -0.15) is 0 Å². The van der Waals surface area contributed by atoms with Gasteiger partial charge in [-0.25, -0.2) is 0 Å². The Morgan fingerprint density at radius 2 is 2.17 bits per heavy atom. The van der Waals surface area contributed by atoms with Crippen LogP contribution in [0.25, 0.3) is 0 Å². The molecular formula is C17H21ClN4OS. The number of benzene rings is 1. The lowest BCUT2D eigenvalue weighted by Gasteiger charge is -2.13. The molecule has 0 bridgehead atoms. The molecule has 1 heterocycles. The standard InChI is InChI=1S/C17H21ClN4OS/c1-10(2)22-16(12-7-8-12)20-21-17(22)24-9-15(23)19-14-6-4-5-13(18)11(14)3/h4-6,10,12H,7-9H2,1-3H3,(H,19,23). The molecule has 3 rings (SSSR count). The van der Waals surface area contributed by atoms with Crippen molar-refractivity contribution in [2.24, 2.45) is 0 Å². The highest BCUT2D eigenvalue weighted by atomic mass is 35.5. The van der Waals surface area contributed by atoms with Gasteiger partial charge in [0, 0.05) is 22.7 Å². The van der Waals surface area contributed by atoms with Crippen LogP contribution < -0.4 is 5.32 Å². The number of thioether (sulfide) groups is 1. The van der Waals surface area contributed by atoms with Gasteiger partial charge in [0.1, 0.15) is 5.82 Å². The van der Waals surface area contributed by atoms with Gasteiger partial charge in [0.15, 0.2) is 5.16 Å². The molecule has 1 aliphatic carbocycles. The summed E-state index contributed by atoms with van der Waals surface area (Å²) in [6.07, 6.45) is 2.37. The first-order chi connectivity index (χ1) is 11.5. The fourth-order valence-corrected chi connectivity index (χ4v) is 3.60. The summed E-state index contributed by atoms with van der Waals surface area (Å²) in [4.78, 5) is 12.3. The summed E-state index contributed by atoms with van der Waals surface area (Å²) in [5.41, 5.74) is 1.62. The second kappa shape index (κ2) is 7.15. The van der Waals surface area contributed by atoms with Gasteiger partial charge >= 0.3 is 0 Å². The molecule has 1 amide bonds. The molecule has 7 heteroatoms. The Bertz CT molecular complexity index is 755. The minimum atomic E-state index is -0.0726. The van der Waals surface area contributed by atoms with Crippen molar-refractivity contribution >= 4 is 35.0 Å². The van der Waals surface area contributed by atoms with E-state index < -0.39 is 0 Å². The number of anilines is 1. The molecular weight excluding hydrogens is 344 g/mol. The summed E-state index contributed by atoms with van der Waals surface area (Å²) >= 11 is 7.51. The number of nitrogens with one attached hydrogen (secondary N) is 1. The van der Waals surface area contributed by atoms with Crippen LogP contribution in [0.2, 0.25) is 5.02 Å². The fraction of sp³-hybridized carbons (Fsp3) is 0.471.